The lowest BCUT2D eigenvalue weighted by Crippen LogP contribution is -2.45. The van der Waals surface area contributed by atoms with E-state index in [0.717, 1.165) is 32.5 Å². The van der Waals surface area contributed by atoms with Gasteiger partial charge in [0.05, 0.1) is 6.10 Å². The van der Waals surface area contributed by atoms with Crippen LogP contribution in [0.25, 0.3) is 0 Å². The highest BCUT2D eigenvalue weighted by atomic mass is 16.6. The van der Waals surface area contributed by atoms with Crippen LogP contribution in [-0.4, -0.2) is 48.3 Å². The number of likely N-dealkylation sites (N-methyl/N-ethyl adjacent to an activating group) is 1. The number of hydrogen-bond donors (Lipinski definition) is 0. The van der Waals surface area contributed by atoms with Gasteiger partial charge in [-0.1, -0.05) is 6.92 Å². The minimum absolute atomic E-state index is 0.151. The predicted molar refractivity (Wildman–Crippen MR) is 71.5 cm³/mol. The Kier molecular flexibility index (Phi) is 5.60. The van der Waals surface area contributed by atoms with Crippen molar-refractivity contribution >= 4 is 5.97 Å². The van der Waals surface area contributed by atoms with Crippen LogP contribution in [0.4, 0.5) is 0 Å². The molecule has 1 fully saturated rings. The molecule has 1 heterocycles. The van der Waals surface area contributed by atoms with Crippen LogP contribution in [0.5, 0.6) is 0 Å². The average molecular weight is 257 g/mol. The van der Waals surface area contributed by atoms with Gasteiger partial charge in [-0.15, -0.1) is 0 Å². The largest absolute Gasteiger partial charge is 0.459 e. The Morgan fingerprint density at radius 1 is 1.50 bits per heavy atom. The average Bonchev–Trinajstić information content (AvgIpc) is 2.75. The summed E-state index contributed by atoms with van der Waals surface area (Å²) < 4.78 is 11.0. The second-order valence-electron chi connectivity index (χ2n) is 5.93. The van der Waals surface area contributed by atoms with Gasteiger partial charge in [-0.2, -0.15) is 0 Å². The third-order valence-electron chi connectivity index (χ3n) is 3.16. The first-order valence-electron chi connectivity index (χ1n) is 6.92. The Labute approximate surface area is 111 Å². The Balaban J connectivity index is 2.49. The van der Waals surface area contributed by atoms with Gasteiger partial charge in [0.1, 0.15) is 11.6 Å². The zero-order valence-electron chi connectivity index (χ0n) is 12.4. The number of ether oxygens (including phenoxy) is 2. The minimum Gasteiger partial charge on any atom is -0.459 e. The molecule has 0 radical (unpaired) electrons. The summed E-state index contributed by atoms with van der Waals surface area (Å²) in [6, 6.07) is -0.210. The van der Waals surface area contributed by atoms with E-state index in [1.807, 2.05) is 27.7 Å². The molecule has 0 spiro atoms. The molecule has 1 aliphatic heterocycles. The first-order chi connectivity index (χ1) is 8.33. The number of nitrogens with zero attached hydrogens (tertiary/aromatic N) is 1. The van der Waals surface area contributed by atoms with Gasteiger partial charge >= 0.3 is 5.97 Å². The molecule has 1 rings (SSSR count). The fourth-order valence-corrected chi connectivity index (χ4v) is 2.15. The van der Waals surface area contributed by atoms with E-state index in [-0.39, 0.29) is 18.1 Å². The minimum atomic E-state index is -0.422. The topological polar surface area (TPSA) is 38.8 Å². The summed E-state index contributed by atoms with van der Waals surface area (Å²) in [6.45, 7) is 12.2. The van der Waals surface area contributed by atoms with E-state index in [1.54, 1.807) is 0 Å². The first kappa shape index (κ1) is 15.4. The molecular formula is C14H27NO3. The van der Waals surface area contributed by atoms with E-state index in [4.69, 9.17) is 9.47 Å². The van der Waals surface area contributed by atoms with Crippen molar-refractivity contribution in [2.75, 3.05) is 19.7 Å². The van der Waals surface area contributed by atoms with Crippen molar-refractivity contribution in [2.45, 2.75) is 65.2 Å². The number of carbonyl (C=O) groups is 1. The molecule has 0 aromatic heterocycles. The van der Waals surface area contributed by atoms with Crippen molar-refractivity contribution in [3.63, 3.8) is 0 Å². The van der Waals surface area contributed by atoms with E-state index >= 15 is 0 Å². The fraction of sp³-hybridized carbons (Fsp3) is 0.929. The molecule has 4 nitrogen and oxygen atoms in total. The lowest BCUT2D eigenvalue weighted by molar-refractivity contribution is -0.161. The van der Waals surface area contributed by atoms with Crippen LogP contribution in [0.2, 0.25) is 0 Å². The molecule has 2 unspecified atom stereocenters. The van der Waals surface area contributed by atoms with E-state index < -0.39 is 5.60 Å². The van der Waals surface area contributed by atoms with Gasteiger partial charge in [-0.25, -0.2) is 0 Å². The molecule has 0 aliphatic carbocycles. The molecule has 0 N–H and O–H groups in total. The van der Waals surface area contributed by atoms with E-state index in [2.05, 4.69) is 11.8 Å². The standard InChI is InChI=1S/C14H27NO3/c1-6-15(10-12-8-7-9-17-12)11(2)13(16)18-14(3,4)5/h11-12H,6-10H2,1-5H3. The molecule has 0 aromatic rings. The highest BCUT2D eigenvalue weighted by molar-refractivity contribution is 5.75. The molecule has 106 valence electrons. The van der Waals surface area contributed by atoms with Crippen molar-refractivity contribution < 1.29 is 14.3 Å². The van der Waals surface area contributed by atoms with Gasteiger partial charge in [-0.3, -0.25) is 9.69 Å². The Bertz CT molecular complexity index is 267. The smallest absolute Gasteiger partial charge is 0.323 e. The number of hydrogen-bond acceptors (Lipinski definition) is 4. The highest BCUT2D eigenvalue weighted by Crippen LogP contribution is 2.16. The lowest BCUT2D eigenvalue weighted by atomic mass is 10.1. The summed E-state index contributed by atoms with van der Waals surface area (Å²) >= 11 is 0. The van der Waals surface area contributed by atoms with Gasteiger partial charge < -0.3 is 9.47 Å². The molecule has 0 aromatic carbocycles. The van der Waals surface area contributed by atoms with Crippen LogP contribution in [0.3, 0.4) is 0 Å². The SMILES string of the molecule is CCN(CC1CCCO1)C(C)C(=O)OC(C)(C)C. The summed E-state index contributed by atoms with van der Waals surface area (Å²) in [5.41, 5.74) is -0.422. The summed E-state index contributed by atoms with van der Waals surface area (Å²) in [5.74, 6) is -0.151. The monoisotopic (exact) mass is 257 g/mol. The maximum Gasteiger partial charge on any atom is 0.323 e. The van der Waals surface area contributed by atoms with Crippen molar-refractivity contribution in [1.82, 2.24) is 4.90 Å². The summed E-state index contributed by atoms with van der Waals surface area (Å²) in [6.07, 6.45) is 2.50. The third-order valence-corrected chi connectivity index (χ3v) is 3.16. The molecule has 2 atom stereocenters. The van der Waals surface area contributed by atoms with Gasteiger partial charge in [0.2, 0.25) is 0 Å². The molecule has 0 saturated carbocycles. The number of rotatable bonds is 5. The molecular weight excluding hydrogens is 230 g/mol. The van der Waals surface area contributed by atoms with Gasteiger partial charge in [0.15, 0.2) is 0 Å². The van der Waals surface area contributed by atoms with Crippen molar-refractivity contribution in [3.8, 4) is 0 Å². The predicted octanol–water partition coefficient (Wildman–Crippen LogP) is 2.22. The van der Waals surface area contributed by atoms with Crippen LogP contribution in [0.1, 0.15) is 47.5 Å². The number of esters is 1. The zero-order chi connectivity index (χ0) is 13.8. The van der Waals surface area contributed by atoms with Crippen LogP contribution in [-0.2, 0) is 14.3 Å². The van der Waals surface area contributed by atoms with E-state index in [1.165, 1.54) is 0 Å². The Hall–Kier alpha value is -0.610. The van der Waals surface area contributed by atoms with Crippen LogP contribution in [0.15, 0.2) is 0 Å². The van der Waals surface area contributed by atoms with Crippen LogP contribution < -0.4 is 0 Å². The molecule has 0 amide bonds. The molecule has 4 heteroatoms. The second-order valence-corrected chi connectivity index (χ2v) is 5.93. The Morgan fingerprint density at radius 3 is 2.61 bits per heavy atom. The van der Waals surface area contributed by atoms with Crippen LogP contribution in [0, 0.1) is 0 Å². The zero-order valence-corrected chi connectivity index (χ0v) is 12.4. The summed E-state index contributed by atoms with van der Waals surface area (Å²) in [4.78, 5) is 14.2. The maximum absolute atomic E-state index is 12.0. The Morgan fingerprint density at radius 2 is 2.17 bits per heavy atom. The second kappa shape index (κ2) is 6.53. The van der Waals surface area contributed by atoms with Crippen molar-refractivity contribution in [2.24, 2.45) is 0 Å². The third kappa shape index (κ3) is 4.94. The van der Waals surface area contributed by atoms with Crippen molar-refractivity contribution in [3.05, 3.63) is 0 Å². The molecule has 1 saturated heterocycles. The van der Waals surface area contributed by atoms with Gasteiger partial charge in [0, 0.05) is 13.2 Å². The van der Waals surface area contributed by atoms with Gasteiger partial charge in [0.25, 0.3) is 0 Å². The molecule has 0 bridgehead atoms. The highest BCUT2D eigenvalue weighted by Gasteiger charge is 2.28. The normalized spacial score (nSPS) is 22.2. The number of carbonyl (C=O) groups excluding carboxylic acids is 1. The van der Waals surface area contributed by atoms with Crippen molar-refractivity contribution in [1.29, 1.82) is 0 Å². The quantitative estimate of drug-likeness (QED) is 0.708. The molecule has 1 aliphatic rings. The lowest BCUT2D eigenvalue weighted by Gasteiger charge is -2.30. The van der Waals surface area contributed by atoms with E-state index in [9.17, 15) is 4.79 Å². The maximum atomic E-state index is 12.0. The summed E-state index contributed by atoms with van der Waals surface area (Å²) in [7, 11) is 0. The van der Waals surface area contributed by atoms with Crippen LogP contribution >= 0.6 is 0 Å². The van der Waals surface area contributed by atoms with E-state index in [0.29, 0.717) is 0 Å². The molecule has 18 heavy (non-hydrogen) atoms. The summed E-state index contributed by atoms with van der Waals surface area (Å²) in [5, 5.41) is 0. The van der Waals surface area contributed by atoms with Gasteiger partial charge in [-0.05, 0) is 47.1 Å². The fourth-order valence-electron chi connectivity index (χ4n) is 2.15. The first-order valence-corrected chi connectivity index (χ1v) is 6.92.